The zero-order valence-corrected chi connectivity index (χ0v) is 17.8. The van der Waals surface area contributed by atoms with E-state index in [0.29, 0.717) is 10.7 Å². The van der Waals surface area contributed by atoms with E-state index in [0.717, 1.165) is 6.61 Å². The number of rotatable bonds is 3. The first-order valence-electron chi connectivity index (χ1n) is 5.48. The Morgan fingerprint density at radius 2 is 1.50 bits per heavy atom. The van der Waals surface area contributed by atoms with Crippen molar-refractivity contribution in [3.8, 4) is 0 Å². The molecule has 1 rings (SSSR count). The number of hydroxylamine groups is 1. The maximum atomic E-state index is 4.98. The van der Waals surface area contributed by atoms with E-state index in [1.807, 2.05) is 0 Å². The molecule has 0 heterocycles. The van der Waals surface area contributed by atoms with Crippen LogP contribution in [0.3, 0.4) is 0 Å². The van der Waals surface area contributed by atoms with Gasteiger partial charge in [-0.3, -0.25) is 0 Å². The van der Waals surface area contributed by atoms with Gasteiger partial charge >= 0.3 is 25.8 Å². The van der Waals surface area contributed by atoms with Crippen LogP contribution in [0.1, 0.15) is 19.3 Å². The van der Waals surface area contributed by atoms with Crippen molar-refractivity contribution in [3.63, 3.8) is 0 Å². The molecule has 2 atom stereocenters. The molecule has 0 aliphatic heterocycles. The summed E-state index contributed by atoms with van der Waals surface area (Å²) in [5, 5.41) is 7.00. The minimum Gasteiger partial charge on any atom is -0.668 e. The van der Waals surface area contributed by atoms with Crippen molar-refractivity contribution in [2.75, 3.05) is 41.8 Å². The van der Waals surface area contributed by atoms with Crippen molar-refractivity contribution in [1.29, 1.82) is 0 Å². The van der Waals surface area contributed by atoms with Crippen LogP contribution in [0, 0.1) is 13.3 Å². The number of hydrogen-bond acceptors (Lipinski definition) is 1. The van der Waals surface area contributed by atoms with Crippen LogP contribution in [-0.4, -0.2) is 46.7 Å². The van der Waals surface area contributed by atoms with E-state index in [4.69, 9.17) is 4.84 Å². The molecule has 18 heavy (non-hydrogen) atoms. The molecule has 0 amide bonds. The van der Waals surface area contributed by atoms with Gasteiger partial charge in [0, 0.05) is 11.4 Å². The molecule has 1 aliphatic rings. The third-order valence-electron chi connectivity index (χ3n) is 1.98. The summed E-state index contributed by atoms with van der Waals surface area (Å²) in [6.45, 7) is 0.784. The van der Waals surface area contributed by atoms with Crippen molar-refractivity contribution in [3.05, 3.63) is 23.5 Å². The summed E-state index contributed by atoms with van der Waals surface area (Å²) in [5.74, 6) is 0.684. The molecular weight excluding hydrogens is 461 g/mol. The average molecular weight is 489 g/mol. The molecule has 6 heteroatoms. The van der Waals surface area contributed by atoms with Gasteiger partial charge in [0.2, 0.25) is 0 Å². The molecule has 0 saturated heterocycles. The van der Waals surface area contributed by atoms with Crippen molar-refractivity contribution >= 4 is 15.9 Å². The number of hydrogen-bond donors (Lipinski definition) is 0. The molecule has 0 bridgehead atoms. The zero-order valence-electron chi connectivity index (χ0n) is 12.6. The molecule has 0 spiro atoms. The Hall–Kier alpha value is 1.19. The molecule has 0 aromatic carbocycles. The van der Waals surface area contributed by atoms with E-state index in [-0.39, 0.29) is 33.3 Å². The third kappa shape index (κ3) is 19.5. The summed E-state index contributed by atoms with van der Waals surface area (Å²) in [4.78, 5) is 5.64. The smallest absolute Gasteiger partial charge is 0.668 e. The van der Waals surface area contributed by atoms with Gasteiger partial charge in [0.25, 0.3) is 0 Å². The second-order valence-electron chi connectivity index (χ2n) is 3.58. The van der Waals surface area contributed by atoms with Gasteiger partial charge in [0.1, 0.15) is 0 Å². The van der Waals surface area contributed by atoms with Crippen LogP contribution in [0.25, 0.3) is 16.1 Å². The topological polar surface area (TPSA) is 51.5 Å². The van der Waals surface area contributed by atoms with E-state index >= 15 is 0 Å². The Labute approximate surface area is 141 Å². The van der Waals surface area contributed by atoms with Gasteiger partial charge in [-0.2, -0.15) is 28.2 Å². The van der Waals surface area contributed by atoms with Crippen LogP contribution in [0.15, 0.2) is 0 Å². The molecule has 4 nitrogen and oxygen atoms in total. The van der Waals surface area contributed by atoms with Gasteiger partial charge in [-0.05, 0) is 18.8 Å². The fourth-order valence-electron chi connectivity index (χ4n) is 1.35. The predicted molar refractivity (Wildman–Crippen MR) is 82.1 cm³/mol. The van der Waals surface area contributed by atoms with Gasteiger partial charge in [-0.1, -0.05) is 22.4 Å². The number of alkyl halides is 1. The first-order valence-corrected chi connectivity index (χ1v) is 6.40. The van der Waals surface area contributed by atoms with Crippen LogP contribution < -0.4 is 0 Å². The van der Waals surface area contributed by atoms with Crippen LogP contribution >= 0.6 is 15.9 Å². The monoisotopic (exact) mass is 489 g/mol. The maximum Gasteiger partial charge on any atom is 4.00 e. The first-order chi connectivity index (χ1) is 7.67. The van der Waals surface area contributed by atoms with E-state index in [9.17, 15) is 0 Å². The Bertz CT molecular complexity index is 132. The number of halogens is 1. The summed E-state index contributed by atoms with van der Waals surface area (Å²) >= 11 is 3.61. The van der Waals surface area contributed by atoms with Crippen LogP contribution in [0.2, 0.25) is 0 Å². The summed E-state index contributed by atoms with van der Waals surface area (Å²) in [5.41, 5.74) is 3.61. The minimum absolute atomic E-state index is 0. The molecule has 1 saturated carbocycles. The fraction of sp³-hybridized carbons (Fsp3) is 0.917. The Morgan fingerprint density at radius 3 is 1.78 bits per heavy atom. The van der Waals surface area contributed by atoms with Crippen LogP contribution in [0.5, 0.6) is 0 Å². The molecule has 0 aromatic heterocycles. The van der Waals surface area contributed by atoms with Gasteiger partial charge in [0.05, 0.1) is 0 Å². The Kier molecular flexibility index (Phi) is 35.6. The minimum atomic E-state index is 0. The molecule has 0 radical (unpaired) electrons. The molecular formula is C12H28BrHfN3O. The predicted octanol–water partition coefficient (Wildman–Crippen LogP) is 4.17. The summed E-state index contributed by atoms with van der Waals surface area (Å²) in [7, 11) is 8.68. The maximum absolute atomic E-state index is 4.98. The second kappa shape index (κ2) is 23.3. The SMILES string of the molecule is C[N-]C.C[N-]C.C[N-]OCC1CCCC1Br.[CH3-].[Hf+4]. The normalized spacial score (nSPS) is 20.3. The van der Waals surface area contributed by atoms with Crippen LogP contribution in [-0.2, 0) is 30.7 Å². The summed E-state index contributed by atoms with van der Waals surface area (Å²) < 4.78 is 0. The Morgan fingerprint density at radius 1 is 1.06 bits per heavy atom. The molecule has 1 aliphatic carbocycles. The van der Waals surface area contributed by atoms with Crippen molar-refractivity contribution in [2.24, 2.45) is 5.92 Å². The van der Waals surface area contributed by atoms with E-state index < -0.39 is 0 Å². The fourth-order valence-corrected chi connectivity index (χ4v) is 2.09. The quantitative estimate of drug-likeness (QED) is 0.255. The first kappa shape index (κ1) is 27.5. The van der Waals surface area contributed by atoms with Crippen molar-refractivity contribution in [2.45, 2.75) is 24.1 Å². The number of nitrogens with zero attached hydrogens (tertiary/aromatic N) is 3. The van der Waals surface area contributed by atoms with Gasteiger partial charge in [0.15, 0.2) is 0 Å². The van der Waals surface area contributed by atoms with Gasteiger partial charge in [-0.25, -0.2) is 0 Å². The molecule has 0 N–H and O–H groups in total. The van der Waals surface area contributed by atoms with Crippen LogP contribution in [0.4, 0.5) is 0 Å². The zero-order chi connectivity index (χ0) is 12.8. The van der Waals surface area contributed by atoms with Gasteiger partial charge in [-0.15, -0.1) is 7.05 Å². The van der Waals surface area contributed by atoms with E-state index in [1.54, 1.807) is 35.2 Å². The Balaban J connectivity index is -0.000000106. The van der Waals surface area contributed by atoms with Crippen molar-refractivity contribution in [1.82, 2.24) is 0 Å². The van der Waals surface area contributed by atoms with E-state index in [1.165, 1.54) is 19.3 Å². The largest absolute Gasteiger partial charge is 4.00 e. The molecule has 0 aromatic rings. The molecule has 2 unspecified atom stereocenters. The standard InChI is InChI=1S/C7H13BrNO.2C2H6N.CH3.Hf/c1-9-10-5-6-3-2-4-7(6)8;2*1-3-2;;/h6-7H,2-5H2,1H3;2*1-2H3;1H3;/q4*-1;+4. The molecule has 1 fully saturated rings. The average Bonchev–Trinajstić information content (AvgIpc) is 2.63. The summed E-state index contributed by atoms with van der Waals surface area (Å²) in [6, 6.07) is 0. The van der Waals surface area contributed by atoms with Crippen molar-refractivity contribution < 1.29 is 30.7 Å². The van der Waals surface area contributed by atoms with Gasteiger partial charge < -0.3 is 28.4 Å². The second-order valence-corrected chi connectivity index (χ2v) is 4.76. The summed E-state index contributed by atoms with van der Waals surface area (Å²) in [6.07, 6.45) is 3.90. The molecule has 108 valence electrons. The van der Waals surface area contributed by atoms with E-state index in [2.05, 4.69) is 32.0 Å². The third-order valence-corrected chi connectivity index (χ3v) is 3.19.